The van der Waals surface area contributed by atoms with Crippen molar-refractivity contribution in [2.45, 2.75) is 50.7 Å². The van der Waals surface area contributed by atoms with Crippen LogP contribution < -0.4 is 34.7 Å². The van der Waals surface area contributed by atoms with Gasteiger partial charge in [-0.1, -0.05) is 25.1 Å². The molecule has 6 heteroatoms. The fourth-order valence-corrected chi connectivity index (χ4v) is 3.21. The first kappa shape index (κ1) is 21.2. The van der Waals surface area contributed by atoms with E-state index < -0.39 is 24.6 Å². The Labute approximate surface area is 164 Å². The summed E-state index contributed by atoms with van der Waals surface area (Å²) >= 11 is 0. The number of carbonyl (C=O) groups excluding carboxylic acids is 1. The molecule has 1 aromatic carbocycles. The Morgan fingerprint density at radius 3 is 2.67 bits per heavy atom. The van der Waals surface area contributed by atoms with Crippen LogP contribution >= 0.6 is 0 Å². The molecule has 0 heterocycles. The number of aromatic hydroxyl groups is 1. The van der Waals surface area contributed by atoms with E-state index in [1.165, 1.54) is 0 Å². The van der Waals surface area contributed by atoms with Gasteiger partial charge in [-0.15, -0.1) is 0 Å². The van der Waals surface area contributed by atoms with Gasteiger partial charge in [-0.2, -0.15) is 0 Å². The predicted molar refractivity (Wildman–Crippen MR) is 84.5 cm³/mol. The molecule has 1 aliphatic rings. The van der Waals surface area contributed by atoms with Crippen LogP contribution in [0.25, 0.3) is 6.08 Å². The molecule has 0 aromatic heterocycles. The number of hydrogen-bond acceptors (Lipinski definition) is 5. The number of aliphatic carboxylic acids is 1. The van der Waals surface area contributed by atoms with Crippen LogP contribution in [0.3, 0.4) is 0 Å². The maximum Gasteiger partial charge on any atom is 1.00 e. The van der Waals surface area contributed by atoms with Crippen molar-refractivity contribution in [1.82, 2.24) is 0 Å². The molecule has 2 rings (SSSR count). The summed E-state index contributed by atoms with van der Waals surface area (Å²) < 4.78 is 0. The largest absolute Gasteiger partial charge is 1.00 e. The van der Waals surface area contributed by atoms with Crippen molar-refractivity contribution in [3.63, 3.8) is 0 Å². The van der Waals surface area contributed by atoms with Crippen LogP contribution in [0.2, 0.25) is 0 Å². The molecule has 5 nitrogen and oxygen atoms in total. The maximum atomic E-state index is 10.4. The van der Waals surface area contributed by atoms with Crippen LogP contribution in [0.1, 0.15) is 49.7 Å². The number of carboxylic acid groups (broad SMARTS) is 1. The molecule has 1 aliphatic carbocycles. The Hall–Kier alpha value is -0.850. The number of carbonyl (C=O) groups is 1. The van der Waals surface area contributed by atoms with Crippen molar-refractivity contribution in [2.24, 2.45) is 5.92 Å². The molecule has 0 amide bonds. The van der Waals surface area contributed by atoms with Gasteiger partial charge < -0.3 is 25.2 Å². The fourth-order valence-electron chi connectivity index (χ4n) is 3.21. The van der Waals surface area contributed by atoms with Crippen molar-refractivity contribution < 1.29 is 54.8 Å². The summed E-state index contributed by atoms with van der Waals surface area (Å²) in [6.45, 7) is 2.11. The van der Waals surface area contributed by atoms with Gasteiger partial charge in [0.05, 0.1) is 12.2 Å². The summed E-state index contributed by atoms with van der Waals surface area (Å²) in [7, 11) is 0. The SMILES string of the molecule is C[C@H]1C=Cc2cc(O)ccc2[C@H]1CC[C@@H](O)C[C@@H](O)CC(=O)[O-].[Na+]. The number of carboxylic acids is 1. The van der Waals surface area contributed by atoms with Crippen molar-refractivity contribution >= 4 is 12.0 Å². The Morgan fingerprint density at radius 2 is 2.00 bits per heavy atom. The fraction of sp³-hybridized carbons (Fsp3) is 0.500. The molecule has 1 aromatic rings. The van der Waals surface area contributed by atoms with E-state index in [1.54, 1.807) is 12.1 Å². The standard InChI is InChI=1S/C18H24O5.Na/c1-11-2-3-12-8-13(19)5-7-17(12)16(11)6-4-14(20)9-15(21)10-18(22)23;/h2-3,5,7-8,11,14-16,19-21H,4,6,9-10H2,1H3,(H,22,23);/q;+1/p-1/t11-,14+,15+,16-;/m0./s1. The third-order valence-corrected chi connectivity index (χ3v) is 4.44. The van der Waals surface area contributed by atoms with E-state index in [0.29, 0.717) is 12.3 Å². The number of benzene rings is 1. The van der Waals surface area contributed by atoms with Gasteiger partial charge in [0.1, 0.15) is 5.75 Å². The minimum absolute atomic E-state index is 0. The zero-order valence-electron chi connectivity index (χ0n) is 14.2. The number of phenols is 1. The van der Waals surface area contributed by atoms with Gasteiger partial charge in [-0.25, -0.2) is 0 Å². The van der Waals surface area contributed by atoms with Crippen LogP contribution in [0.5, 0.6) is 5.75 Å². The number of fused-ring (bicyclic) bond motifs is 1. The smallest absolute Gasteiger partial charge is 0.550 e. The van der Waals surface area contributed by atoms with E-state index in [-0.39, 0.29) is 47.6 Å². The summed E-state index contributed by atoms with van der Waals surface area (Å²) in [5.41, 5.74) is 2.12. The van der Waals surface area contributed by atoms with Crippen LogP contribution in [0, 0.1) is 5.92 Å². The quantitative estimate of drug-likeness (QED) is 0.507. The molecule has 0 saturated carbocycles. The third kappa shape index (κ3) is 5.90. The Kier molecular flexibility index (Phi) is 8.46. The second-order valence-electron chi connectivity index (χ2n) is 6.33. The Balaban J connectivity index is 0.00000288. The summed E-state index contributed by atoms with van der Waals surface area (Å²) in [5, 5.41) is 39.6. The number of hydrogen-bond donors (Lipinski definition) is 3. The summed E-state index contributed by atoms with van der Waals surface area (Å²) in [5.74, 6) is -0.549. The van der Waals surface area contributed by atoms with Crippen molar-refractivity contribution in [2.75, 3.05) is 0 Å². The molecule has 0 bridgehead atoms. The maximum absolute atomic E-state index is 10.4. The second-order valence-corrected chi connectivity index (χ2v) is 6.33. The molecule has 0 aliphatic heterocycles. The van der Waals surface area contributed by atoms with E-state index in [9.17, 15) is 25.2 Å². The van der Waals surface area contributed by atoms with Crippen LogP contribution in [-0.2, 0) is 4.79 Å². The monoisotopic (exact) mass is 342 g/mol. The molecule has 126 valence electrons. The molecular weight excluding hydrogens is 319 g/mol. The van der Waals surface area contributed by atoms with Gasteiger partial charge in [0.15, 0.2) is 0 Å². The number of aliphatic hydroxyl groups is 2. The zero-order chi connectivity index (χ0) is 17.0. The van der Waals surface area contributed by atoms with E-state index in [2.05, 4.69) is 13.0 Å². The summed E-state index contributed by atoms with van der Waals surface area (Å²) in [6.07, 6.45) is 3.04. The number of aliphatic hydroxyl groups excluding tert-OH is 2. The minimum atomic E-state index is -1.32. The molecule has 0 unspecified atom stereocenters. The van der Waals surface area contributed by atoms with Crippen molar-refractivity contribution in [1.29, 1.82) is 0 Å². The van der Waals surface area contributed by atoms with Gasteiger partial charge in [0.25, 0.3) is 0 Å². The summed E-state index contributed by atoms with van der Waals surface area (Å²) in [4.78, 5) is 10.4. The van der Waals surface area contributed by atoms with Crippen LogP contribution in [-0.4, -0.2) is 33.5 Å². The van der Waals surface area contributed by atoms with E-state index >= 15 is 0 Å². The van der Waals surface area contributed by atoms with E-state index in [1.807, 2.05) is 12.1 Å². The van der Waals surface area contributed by atoms with Gasteiger partial charge in [-0.05, 0) is 54.4 Å². The predicted octanol–water partition coefficient (Wildman–Crippen LogP) is -1.83. The molecule has 0 saturated heterocycles. The molecule has 0 radical (unpaired) electrons. The van der Waals surface area contributed by atoms with Crippen molar-refractivity contribution in [3.8, 4) is 5.75 Å². The van der Waals surface area contributed by atoms with Gasteiger partial charge in [0.2, 0.25) is 0 Å². The Morgan fingerprint density at radius 1 is 1.29 bits per heavy atom. The minimum Gasteiger partial charge on any atom is -0.550 e. The first-order valence-corrected chi connectivity index (χ1v) is 7.94. The summed E-state index contributed by atoms with van der Waals surface area (Å²) in [6, 6.07) is 5.30. The Bertz CT molecular complexity index is 587. The molecule has 24 heavy (non-hydrogen) atoms. The zero-order valence-corrected chi connectivity index (χ0v) is 16.2. The third-order valence-electron chi connectivity index (χ3n) is 4.44. The average Bonchev–Trinajstić information content (AvgIpc) is 2.45. The van der Waals surface area contributed by atoms with Gasteiger partial charge in [0, 0.05) is 12.4 Å². The number of allylic oxidation sites excluding steroid dienone is 1. The van der Waals surface area contributed by atoms with Crippen molar-refractivity contribution in [3.05, 3.63) is 35.4 Å². The normalized spacial score (nSPS) is 21.5. The molecule has 4 atom stereocenters. The second kappa shape index (κ2) is 9.59. The molecule has 0 spiro atoms. The number of phenolic OH excluding ortho intramolecular Hbond substituents is 1. The van der Waals surface area contributed by atoms with Crippen LogP contribution in [0.15, 0.2) is 24.3 Å². The first-order chi connectivity index (χ1) is 10.9. The topological polar surface area (TPSA) is 101 Å². The molecule has 0 fully saturated rings. The van der Waals surface area contributed by atoms with Crippen LogP contribution in [0.4, 0.5) is 0 Å². The molecule has 3 N–H and O–H groups in total. The number of rotatable bonds is 7. The average molecular weight is 342 g/mol. The van der Waals surface area contributed by atoms with E-state index in [4.69, 9.17) is 0 Å². The first-order valence-electron chi connectivity index (χ1n) is 7.94. The van der Waals surface area contributed by atoms with Gasteiger partial charge in [-0.3, -0.25) is 0 Å². The molecular formula is C18H23NaO5. The van der Waals surface area contributed by atoms with Gasteiger partial charge >= 0.3 is 29.6 Å². The van der Waals surface area contributed by atoms with E-state index in [0.717, 1.165) is 17.5 Å².